The highest BCUT2D eigenvalue weighted by Gasteiger charge is 2.48. The van der Waals surface area contributed by atoms with E-state index in [0.29, 0.717) is 0 Å². The molecule has 4 unspecified atom stereocenters. The first-order chi connectivity index (χ1) is 19.8. The van der Waals surface area contributed by atoms with Gasteiger partial charge >= 0.3 is 6.09 Å². The van der Waals surface area contributed by atoms with Gasteiger partial charge < -0.3 is 25.4 Å². The fourth-order valence-electron chi connectivity index (χ4n) is 5.88. The molecule has 8 heteroatoms. The van der Waals surface area contributed by atoms with Crippen molar-refractivity contribution < 1.29 is 24.2 Å². The zero-order valence-corrected chi connectivity index (χ0v) is 25.9. The zero-order chi connectivity index (χ0) is 30.6. The lowest BCUT2D eigenvalue weighted by Gasteiger charge is -2.37. The van der Waals surface area contributed by atoms with Crippen molar-refractivity contribution in [3.8, 4) is 5.75 Å². The van der Waals surface area contributed by atoms with Gasteiger partial charge in [0, 0.05) is 18.5 Å². The summed E-state index contributed by atoms with van der Waals surface area (Å²) < 4.78 is 5.54. The van der Waals surface area contributed by atoms with Gasteiger partial charge in [-0.3, -0.25) is 9.59 Å². The Morgan fingerprint density at radius 1 is 1.02 bits per heavy atom. The number of phenolic OH excluding ortho intramolecular Hbond substituents is 1. The molecule has 0 heterocycles. The number of carbonyl (C=O) groups excluding carboxylic acids is 3. The molecule has 0 spiro atoms. The first-order valence-electron chi connectivity index (χ1n) is 15.3. The number of aryl methyl sites for hydroxylation is 1. The van der Waals surface area contributed by atoms with Crippen molar-refractivity contribution in [2.45, 2.75) is 116 Å². The summed E-state index contributed by atoms with van der Waals surface area (Å²) in [6, 6.07) is 10.6. The molecule has 2 aromatic rings. The summed E-state index contributed by atoms with van der Waals surface area (Å²) in [6.07, 6.45) is 5.46. The quantitative estimate of drug-likeness (QED) is 0.345. The Kier molecular flexibility index (Phi) is 9.85. The highest BCUT2D eigenvalue weighted by atomic mass is 16.6. The van der Waals surface area contributed by atoms with Crippen LogP contribution < -0.4 is 10.6 Å². The van der Waals surface area contributed by atoms with Crippen molar-refractivity contribution >= 4 is 17.9 Å². The second-order valence-corrected chi connectivity index (χ2v) is 13.1. The highest BCUT2D eigenvalue weighted by Crippen LogP contribution is 2.42. The van der Waals surface area contributed by atoms with Crippen LogP contribution in [0.2, 0.25) is 0 Å². The predicted octanol–water partition coefficient (Wildman–Crippen LogP) is 5.87. The van der Waals surface area contributed by atoms with E-state index in [9.17, 15) is 19.5 Å². The minimum absolute atomic E-state index is 0.0834. The van der Waals surface area contributed by atoms with Crippen LogP contribution in [0.15, 0.2) is 42.5 Å². The second kappa shape index (κ2) is 13.2. The number of alkyl carbamates (subject to hydrolysis) is 1. The molecule has 0 aromatic heterocycles. The molecule has 4 rings (SSSR count). The van der Waals surface area contributed by atoms with Crippen molar-refractivity contribution in [3.63, 3.8) is 0 Å². The van der Waals surface area contributed by atoms with Crippen LogP contribution in [0, 0.1) is 19.8 Å². The molecule has 2 aromatic carbocycles. The number of phenols is 1. The van der Waals surface area contributed by atoms with Crippen LogP contribution in [0.1, 0.15) is 94.5 Å². The maximum Gasteiger partial charge on any atom is 0.408 e. The topological polar surface area (TPSA) is 108 Å². The number of carbonyl (C=O) groups is 3. The lowest BCUT2D eigenvalue weighted by atomic mass is 9.92. The first-order valence-corrected chi connectivity index (χ1v) is 15.3. The molecule has 2 aliphatic carbocycles. The van der Waals surface area contributed by atoms with Gasteiger partial charge in [-0.05, 0) is 94.2 Å². The monoisotopic (exact) mass is 577 g/mol. The van der Waals surface area contributed by atoms with Gasteiger partial charge in [0.05, 0.1) is 0 Å². The fourth-order valence-corrected chi connectivity index (χ4v) is 5.88. The molecule has 2 aliphatic rings. The fraction of sp³-hybridized carbons (Fsp3) is 0.559. The Labute approximate surface area is 250 Å². The van der Waals surface area contributed by atoms with Crippen LogP contribution in [-0.2, 0) is 20.7 Å². The van der Waals surface area contributed by atoms with Crippen LogP contribution in [0.3, 0.4) is 0 Å². The second-order valence-electron chi connectivity index (χ2n) is 13.1. The summed E-state index contributed by atoms with van der Waals surface area (Å²) in [5.74, 6) is -0.166. The number of nitrogens with one attached hydrogen (secondary N) is 2. The van der Waals surface area contributed by atoms with E-state index in [-0.39, 0.29) is 42.0 Å². The molecule has 2 saturated carbocycles. The lowest BCUT2D eigenvalue weighted by molar-refractivity contribution is -0.143. The molecule has 0 radical (unpaired) electrons. The zero-order valence-electron chi connectivity index (χ0n) is 25.9. The third-order valence-electron chi connectivity index (χ3n) is 8.46. The van der Waals surface area contributed by atoms with Gasteiger partial charge in [0.2, 0.25) is 11.8 Å². The molecule has 4 atom stereocenters. The molecular weight excluding hydrogens is 530 g/mol. The van der Waals surface area contributed by atoms with Crippen LogP contribution in [0.25, 0.3) is 0 Å². The minimum atomic E-state index is -0.979. The molecule has 0 aliphatic heterocycles. The van der Waals surface area contributed by atoms with Gasteiger partial charge in [-0.1, -0.05) is 56.5 Å². The number of amides is 3. The van der Waals surface area contributed by atoms with Gasteiger partial charge in [0.25, 0.3) is 0 Å². The average Bonchev–Trinajstić information content (AvgIpc) is 3.64. The summed E-state index contributed by atoms with van der Waals surface area (Å²) in [5, 5.41) is 15.9. The molecule has 42 heavy (non-hydrogen) atoms. The Morgan fingerprint density at radius 2 is 1.67 bits per heavy atom. The number of hydrogen-bond donors (Lipinski definition) is 3. The summed E-state index contributed by atoms with van der Waals surface area (Å²) >= 11 is 0. The minimum Gasteiger partial charge on any atom is -0.508 e. The summed E-state index contributed by atoms with van der Waals surface area (Å²) in [7, 11) is 0. The number of ether oxygens (including phenoxy) is 1. The number of nitrogens with zero attached hydrogens (tertiary/aromatic N) is 1. The van der Waals surface area contributed by atoms with E-state index in [0.717, 1.165) is 54.4 Å². The Balaban J connectivity index is 1.74. The van der Waals surface area contributed by atoms with Crippen molar-refractivity contribution in [2.75, 3.05) is 0 Å². The van der Waals surface area contributed by atoms with Crippen molar-refractivity contribution in [3.05, 3.63) is 64.7 Å². The molecule has 2 fully saturated rings. The highest BCUT2D eigenvalue weighted by molar-refractivity contribution is 5.93. The van der Waals surface area contributed by atoms with Gasteiger partial charge in [-0.25, -0.2) is 4.79 Å². The van der Waals surface area contributed by atoms with E-state index in [4.69, 9.17) is 4.74 Å². The molecule has 8 nitrogen and oxygen atoms in total. The molecule has 228 valence electrons. The number of hydrogen-bond acceptors (Lipinski definition) is 5. The third kappa shape index (κ3) is 8.05. The SMILES string of the molecule is Cc1cccc(C(C(=O)NC2CCCCC2)N(C(=O)C(Cc2ccc(O)cc2)NC(=O)OC(C)(C)C)C2CC2C)c1C. The van der Waals surface area contributed by atoms with Crippen LogP contribution in [0.5, 0.6) is 5.75 Å². The van der Waals surface area contributed by atoms with Crippen molar-refractivity contribution in [1.29, 1.82) is 0 Å². The van der Waals surface area contributed by atoms with E-state index >= 15 is 0 Å². The maximum atomic E-state index is 14.7. The Morgan fingerprint density at radius 3 is 2.26 bits per heavy atom. The van der Waals surface area contributed by atoms with Gasteiger partial charge in [0.15, 0.2) is 0 Å². The summed E-state index contributed by atoms with van der Waals surface area (Å²) in [5.41, 5.74) is 2.84. The Bertz CT molecular complexity index is 1260. The normalized spacial score (nSPS) is 20.2. The molecule has 3 amide bonds. The van der Waals surface area contributed by atoms with E-state index in [1.807, 2.05) is 32.0 Å². The van der Waals surface area contributed by atoms with Crippen LogP contribution >= 0.6 is 0 Å². The number of aromatic hydroxyl groups is 1. The standard InChI is InChI=1S/C34H47N3O5/c1-21-11-10-14-27(23(21)3)30(31(39)35-25-12-8-7-9-13-25)37(29-19-22(29)2)32(40)28(36-33(41)42-34(4,5)6)20-24-15-17-26(38)18-16-24/h10-11,14-18,22,25,28-30,38H,7-9,12-13,19-20H2,1-6H3,(H,35,39)(H,36,41). The first kappa shape index (κ1) is 31.4. The largest absolute Gasteiger partial charge is 0.508 e. The average molecular weight is 578 g/mol. The number of rotatable bonds is 9. The van der Waals surface area contributed by atoms with E-state index in [1.165, 1.54) is 6.42 Å². The van der Waals surface area contributed by atoms with E-state index in [2.05, 4.69) is 17.6 Å². The smallest absolute Gasteiger partial charge is 0.408 e. The van der Waals surface area contributed by atoms with Gasteiger partial charge in [-0.2, -0.15) is 0 Å². The van der Waals surface area contributed by atoms with Gasteiger partial charge in [0.1, 0.15) is 23.4 Å². The van der Waals surface area contributed by atoms with E-state index in [1.54, 1.807) is 49.9 Å². The van der Waals surface area contributed by atoms with Crippen molar-refractivity contribution in [2.24, 2.45) is 5.92 Å². The third-order valence-corrected chi connectivity index (χ3v) is 8.46. The summed E-state index contributed by atoms with van der Waals surface area (Å²) in [6.45, 7) is 11.4. The summed E-state index contributed by atoms with van der Waals surface area (Å²) in [4.78, 5) is 43.7. The lowest BCUT2D eigenvalue weighted by Crippen LogP contribution is -2.55. The van der Waals surface area contributed by atoms with Crippen LogP contribution in [0.4, 0.5) is 4.79 Å². The molecular formula is C34H47N3O5. The van der Waals surface area contributed by atoms with Gasteiger partial charge in [-0.15, -0.1) is 0 Å². The predicted molar refractivity (Wildman–Crippen MR) is 163 cm³/mol. The van der Waals surface area contributed by atoms with Crippen LogP contribution in [-0.4, -0.2) is 51.6 Å². The number of benzene rings is 2. The molecule has 0 bridgehead atoms. The maximum absolute atomic E-state index is 14.7. The van der Waals surface area contributed by atoms with E-state index < -0.39 is 23.8 Å². The Hall–Kier alpha value is -3.55. The molecule has 3 N–H and O–H groups in total. The van der Waals surface area contributed by atoms with Crippen molar-refractivity contribution in [1.82, 2.24) is 15.5 Å². The molecule has 0 saturated heterocycles.